The zero-order chi connectivity index (χ0) is 19.6. The molecule has 0 aliphatic carbocycles. The molecule has 0 bridgehead atoms. The molecule has 0 unspecified atom stereocenters. The quantitative estimate of drug-likeness (QED) is 0.380. The molecule has 142 valence electrons. The van der Waals surface area contributed by atoms with Crippen molar-refractivity contribution in [3.63, 3.8) is 0 Å². The highest BCUT2D eigenvalue weighted by molar-refractivity contribution is 6.84. The molecule has 0 saturated carbocycles. The van der Waals surface area contributed by atoms with Gasteiger partial charge < -0.3 is 5.11 Å². The minimum atomic E-state index is -1.53. The summed E-state index contributed by atoms with van der Waals surface area (Å²) in [6.45, 7) is 15.3. The summed E-state index contributed by atoms with van der Waals surface area (Å²) >= 11 is 0. The Morgan fingerprint density at radius 3 is 2.27 bits per heavy atom. The summed E-state index contributed by atoms with van der Waals surface area (Å²) in [5.74, 6) is 0.504. The predicted molar refractivity (Wildman–Crippen MR) is 119 cm³/mol. The van der Waals surface area contributed by atoms with Gasteiger partial charge in [0.15, 0.2) is 0 Å². The summed E-state index contributed by atoms with van der Waals surface area (Å²) in [6, 6.07) is 11.8. The van der Waals surface area contributed by atoms with Crippen molar-refractivity contribution < 1.29 is 5.11 Å². The van der Waals surface area contributed by atoms with Gasteiger partial charge in [0.25, 0.3) is 0 Å². The summed E-state index contributed by atoms with van der Waals surface area (Å²) in [7, 11) is -1.53. The van der Waals surface area contributed by atoms with E-state index in [1.165, 1.54) is 10.8 Å². The summed E-state index contributed by atoms with van der Waals surface area (Å²) in [6.07, 6.45) is 13.1. The Labute approximate surface area is 161 Å². The minimum absolute atomic E-state index is 0.218. The van der Waals surface area contributed by atoms with Crippen molar-refractivity contribution in [1.82, 2.24) is 0 Å². The number of rotatable bonds is 10. The topological polar surface area (TPSA) is 20.2 Å². The fourth-order valence-corrected chi connectivity index (χ4v) is 4.97. The molecule has 1 N–H and O–H groups in total. The van der Waals surface area contributed by atoms with Crippen LogP contribution in [-0.4, -0.2) is 19.3 Å². The zero-order valence-electron chi connectivity index (χ0n) is 17.2. The molecule has 1 aromatic carbocycles. The van der Waals surface area contributed by atoms with Crippen LogP contribution in [0.5, 0.6) is 0 Å². The van der Waals surface area contributed by atoms with Gasteiger partial charge in [-0.25, -0.2) is 0 Å². The third-order valence-corrected chi connectivity index (χ3v) is 8.14. The van der Waals surface area contributed by atoms with Gasteiger partial charge in [-0.2, -0.15) is 0 Å². The lowest BCUT2D eigenvalue weighted by Gasteiger charge is -2.23. The number of aliphatic hydroxyl groups is 1. The minimum Gasteiger partial charge on any atom is -0.392 e. The number of hydrogen-bond acceptors (Lipinski definition) is 1. The monoisotopic (exact) mass is 368 g/mol. The fraction of sp³-hybridized carbons (Fsp3) is 0.417. The highest BCUT2D eigenvalue weighted by Gasteiger charge is 2.23. The summed E-state index contributed by atoms with van der Waals surface area (Å²) < 4.78 is 0. The van der Waals surface area contributed by atoms with E-state index in [0.717, 1.165) is 12.5 Å². The summed E-state index contributed by atoms with van der Waals surface area (Å²) in [5.41, 5.74) is 1.39. The van der Waals surface area contributed by atoms with Gasteiger partial charge in [-0.15, -0.1) is 0 Å². The van der Waals surface area contributed by atoms with Crippen molar-refractivity contribution in [3.8, 4) is 0 Å². The Morgan fingerprint density at radius 2 is 1.69 bits per heavy atom. The van der Waals surface area contributed by atoms with Crippen molar-refractivity contribution >= 4 is 8.07 Å². The average molecular weight is 369 g/mol. The maximum Gasteiger partial charge on any atom is 0.0841 e. The first-order valence-corrected chi connectivity index (χ1v) is 12.9. The van der Waals surface area contributed by atoms with Crippen LogP contribution in [0, 0.1) is 11.8 Å². The molecule has 0 amide bonds. The van der Waals surface area contributed by atoms with Gasteiger partial charge in [-0.3, -0.25) is 0 Å². The molecule has 0 aromatic heterocycles. The van der Waals surface area contributed by atoms with Gasteiger partial charge in [0.05, 0.1) is 14.2 Å². The molecule has 1 aromatic rings. The number of allylic oxidation sites excluding steroid dienone is 6. The standard InChI is InChI=1S/C24H36OSi/c1-7-23(24(25)20(2)3)18-14-9-8-11-15-21(4)26(5,6)19-22-16-12-10-13-17-22/h8-18,20,23-25H,4,7,19H2,1-3,5-6H3/b9-8+,15-11-,18-14+/t23-,24+/m1/s1. The lowest BCUT2D eigenvalue weighted by atomic mass is 9.91. The maximum absolute atomic E-state index is 10.2. The van der Waals surface area contributed by atoms with Crippen molar-refractivity contribution in [2.24, 2.45) is 11.8 Å². The molecule has 0 radical (unpaired) electrons. The number of hydrogen-bond donors (Lipinski definition) is 1. The van der Waals surface area contributed by atoms with Gasteiger partial charge in [-0.1, -0.05) is 118 Å². The van der Waals surface area contributed by atoms with Crippen LogP contribution in [0.3, 0.4) is 0 Å². The van der Waals surface area contributed by atoms with E-state index >= 15 is 0 Å². The molecule has 1 nitrogen and oxygen atoms in total. The SMILES string of the molecule is C=C(\C=C/C=C/C=C/[C@@H](CC)[C@@H](O)C(C)C)[Si](C)(C)Cc1ccccc1. The van der Waals surface area contributed by atoms with Crippen LogP contribution in [0.2, 0.25) is 13.1 Å². The first-order valence-electron chi connectivity index (χ1n) is 9.70. The molecule has 26 heavy (non-hydrogen) atoms. The lowest BCUT2D eigenvalue weighted by molar-refractivity contribution is 0.0826. The van der Waals surface area contributed by atoms with E-state index in [1.54, 1.807) is 0 Å². The van der Waals surface area contributed by atoms with Gasteiger partial charge in [0.2, 0.25) is 0 Å². The normalized spacial score (nSPS) is 15.3. The van der Waals surface area contributed by atoms with E-state index in [0.29, 0.717) is 0 Å². The van der Waals surface area contributed by atoms with Crippen LogP contribution < -0.4 is 0 Å². The molecule has 2 heteroatoms. The molecule has 0 fully saturated rings. The van der Waals surface area contributed by atoms with E-state index in [9.17, 15) is 5.11 Å². The average Bonchev–Trinajstić information content (AvgIpc) is 2.60. The molecular weight excluding hydrogens is 332 g/mol. The molecule has 0 aliphatic heterocycles. The van der Waals surface area contributed by atoms with Crippen molar-refractivity contribution in [2.45, 2.75) is 52.4 Å². The second-order valence-electron chi connectivity index (χ2n) is 8.01. The number of benzene rings is 1. The van der Waals surface area contributed by atoms with Crippen molar-refractivity contribution in [3.05, 3.63) is 84.1 Å². The first-order chi connectivity index (χ1) is 12.3. The summed E-state index contributed by atoms with van der Waals surface area (Å²) in [4.78, 5) is 0. The fourth-order valence-electron chi connectivity index (χ4n) is 2.94. The third-order valence-electron chi connectivity index (χ3n) is 4.94. The number of aliphatic hydroxyl groups excluding tert-OH is 1. The molecule has 0 aliphatic rings. The van der Waals surface area contributed by atoms with Gasteiger partial charge >= 0.3 is 0 Å². The van der Waals surface area contributed by atoms with Gasteiger partial charge in [0.1, 0.15) is 0 Å². The smallest absolute Gasteiger partial charge is 0.0841 e. The van der Waals surface area contributed by atoms with Crippen LogP contribution in [0.25, 0.3) is 0 Å². The van der Waals surface area contributed by atoms with Crippen LogP contribution in [0.4, 0.5) is 0 Å². The summed E-state index contributed by atoms with van der Waals surface area (Å²) in [5, 5.41) is 11.4. The lowest BCUT2D eigenvalue weighted by Crippen LogP contribution is -2.31. The Bertz CT molecular complexity index is 623. The van der Waals surface area contributed by atoms with E-state index < -0.39 is 8.07 Å². The first kappa shape index (κ1) is 22.4. The van der Waals surface area contributed by atoms with Gasteiger partial charge in [0, 0.05) is 5.92 Å². The predicted octanol–water partition coefficient (Wildman–Crippen LogP) is 6.28. The van der Waals surface area contributed by atoms with Crippen LogP contribution in [-0.2, 0) is 6.04 Å². The van der Waals surface area contributed by atoms with Crippen LogP contribution in [0.15, 0.2) is 78.6 Å². The zero-order valence-corrected chi connectivity index (χ0v) is 18.2. The van der Waals surface area contributed by atoms with Crippen molar-refractivity contribution in [1.29, 1.82) is 0 Å². The largest absolute Gasteiger partial charge is 0.392 e. The third kappa shape index (κ3) is 7.71. The molecule has 1 rings (SSSR count). The molecular formula is C24H36OSi. The Hall–Kier alpha value is -1.64. The highest BCUT2D eigenvalue weighted by atomic mass is 28.3. The van der Waals surface area contributed by atoms with E-state index in [-0.39, 0.29) is 17.9 Å². The Morgan fingerprint density at radius 1 is 1.08 bits per heavy atom. The second-order valence-corrected chi connectivity index (χ2v) is 12.8. The Balaban J connectivity index is 2.57. The van der Waals surface area contributed by atoms with E-state index in [4.69, 9.17) is 0 Å². The molecule has 0 saturated heterocycles. The molecule has 0 heterocycles. The maximum atomic E-state index is 10.2. The van der Waals surface area contributed by atoms with E-state index in [2.05, 4.69) is 89.0 Å². The van der Waals surface area contributed by atoms with Crippen LogP contribution in [0.1, 0.15) is 32.8 Å². The van der Waals surface area contributed by atoms with Crippen molar-refractivity contribution in [2.75, 3.05) is 0 Å². The molecule has 2 atom stereocenters. The second kappa shape index (κ2) is 11.2. The van der Waals surface area contributed by atoms with E-state index in [1.807, 2.05) is 18.2 Å². The Kier molecular flexibility index (Phi) is 9.61. The van der Waals surface area contributed by atoms with Gasteiger partial charge in [-0.05, 0) is 18.4 Å². The molecule has 0 spiro atoms. The van der Waals surface area contributed by atoms with Crippen LogP contribution >= 0.6 is 0 Å². The highest BCUT2D eigenvalue weighted by Crippen LogP contribution is 2.20.